The van der Waals surface area contributed by atoms with E-state index in [4.69, 9.17) is 10.5 Å². The molecule has 4 heteroatoms. The second kappa shape index (κ2) is 4.75. The van der Waals surface area contributed by atoms with Gasteiger partial charge in [-0.15, -0.1) is 0 Å². The first-order valence-electron chi connectivity index (χ1n) is 4.32. The number of hydrogen-bond acceptors (Lipinski definition) is 2. The molecule has 0 saturated carbocycles. The summed E-state index contributed by atoms with van der Waals surface area (Å²) < 4.78 is 18.7. The summed E-state index contributed by atoms with van der Waals surface area (Å²) in [4.78, 5) is 0. The minimum Gasteiger partial charge on any atom is -0.496 e. The van der Waals surface area contributed by atoms with Crippen LogP contribution < -0.4 is 10.5 Å². The second-order valence-electron chi connectivity index (χ2n) is 3.26. The SMILES string of the molecule is COc1cc(Br)c(F)cc1CC(C)N. The van der Waals surface area contributed by atoms with Crippen LogP contribution >= 0.6 is 15.9 Å². The number of benzene rings is 1. The highest BCUT2D eigenvalue weighted by atomic mass is 79.9. The molecule has 0 radical (unpaired) electrons. The first-order valence-corrected chi connectivity index (χ1v) is 5.11. The molecule has 1 aromatic carbocycles. The molecule has 14 heavy (non-hydrogen) atoms. The van der Waals surface area contributed by atoms with Crippen molar-refractivity contribution >= 4 is 15.9 Å². The maximum atomic E-state index is 13.2. The Balaban J connectivity index is 3.07. The second-order valence-corrected chi connectivity index (χ2v) is 4.11. The molecule has 2 nitrogen and oxygen atoms in total. The minimum atomic E-state index is -0.290. The van der Waals surface area contributed by atoms with Gasteiger partial charge in [0.25, 0.3) is 0 Å². The normalized spacial score (nSPS) is 12.6. The van der Waals surface area contributed by atoms with Crippen LogP contribution in [0.15, 0.2) is 16.6 Å². The first kappa shape index (κ1) is 11.5. The van der Waals surface area contributed by atoms with E-state index in [9.17, 15) is 4.39 Å². The summed E-state index contributed by atoms with van der Waals surface area (Å²) in [5.41, 5.74) is 6.44. The molecule has 0 fully saturated rings. The number of hydrogen-bond donors (Lipinski definition) is 1. The smallest absolute Gasteiger partial charge is 0.137 e. The van der Waals surface area contributed by atoms with Gasteiger partial charge in [0.2, 0.25) is 0 Å². The maximum absolute atomic E-state index is 13.2. The van der Waals surface area contributed by atoms with Gasteiger partial charge in [0.05, 0.1) is 11.6 Å². The van der Waals surface area contributed by atoms with E-state index >= 15 is 0 Å². The van der Waals surface area contributed by atoms with Crippen molar-refractivity contribution in [3.05, 3.63) is 28.0 Å². The predicted molar refractivity (Wildman–Crippen MR) is 58.0 cm³/mol. The molecule has 0 amide bonds. The van der Waals surface area contributed by atoms with Crippen LogP contribution in [-0.4, -0.2) is 13.2 Å². The van der Waals surface area contributed by atoms with Crippen LogP contribution in [0, 0.1) is 5.82 Å². The highest BCUT2D eigenvalue weighted by Gasteiger charge is 2.10. The maximum Gasteiger partial charge on any atom is 0.137 e. The van der Waals surface area contributed by atoms with Crippen molar-refractivity contribution in [3.63, 3.8) is 0 Å². The van der Waals surface area contributed by atoms with Gasteiger partial charge in [0.15, 0.2) is 0 Å². The lowest BCUT2D eigenvalue weighted by molar-refractivity contribution is 0.406. The van der Waals surface area contributed by atoms with Crippen LogP contribution in [-0.2, 0) is 6.42 Å². The van der Waals surface area contributed by atoms with E-state index in [2.05, 4.69) is 15.9 Å². The van der Waals surface area contributed by atoms with Crippen LogP contribution in [0.1, 0.15) is 12.5 Å². The third kappa shape index (κ3) is 2.69. The van der Waals surface area contributed by atoms with Crippen LogP contribution in [0.2, 0.25) is 0 Å². The van der Waals surface area contributed by atoms with E-state index in [-0.39, 0.29) is 11.9 Å². The molecule has 0 aliphatic carbocycles. The quantitative estimate of drug-likeness (QED) is 0.908. The lowest BCUT2D eigenvalue weighted by atomic mass is 10.1. The monoisotopic (exact) mass is 261 g/mol. The molecule has 0 bridgehead atoms. The number of ether oxygens (including phenoxy) is 1. The summed E-state index contributed by atoms with van der Waals surface area (Å²) in [5.74, 6) is 0.372. The summed E-state index contributed by atoms with van der Waals surface area (Å²) in [6, 6.07) is 3.06. The van der Waals surface area contributed by atoms with Gasteiger partial charge in [-0.3, -0.25) is 0 Å². The Morgan fingerprint density at radius 3 is 2.71 bits per heavy atom. The Hall–Kier alpha value is -0.610. The van der Waals surface area contributed by atoms with E-state index in [1.54, 1.807) is 13.2 Å². The molecular weight excluding hydrogens is 249 g/mol. The molecule has 1 aromatic rings. The van der Waals surface area contributed by atoms with Gasteiger partial charge in [0.1, 0.15) is 11.6 Å². The minimum absolute atomic E-state index is 0.00974. The van der Waals surface area contributed by atoms with Gasteiger partial charge in [-0.25, -0.2) is 4.39 Å². The van der Waals surface area contributed by atoms with Gasteiger partial charge >= 0.3 is 0 Å². The average molecular weight is 262 g/mol. The zero-order valence-corrected chi connectivity index (χ0v) is 9.77. The number of nitrogens with two attached hydrogens (primary N) is 1. The van der Waals surface area contributed by atoms with Gasteiger partial charge in [-0.2, -0.15) is 0 Å². The van der Waals surface area contributed by atoms with Crippen molar-refractivity contribution in [2.75, 3.05) is 7.11 Å². The van der Waals surface area contributed by atoms with E-state index in [0.29, 0.717) is 16.6 Å². The Morgan fingerprint density at radius 2 is 2.21 bits per heavy atom. The molecule has 1 rings (SSSR count). The first-order chi connectivity index (χ1) is 6.54. The van der Waals surface area contributed by atoms with E-state index in [1.807, 2.05) is 6.92 Å². The Bertz CT molecular complexity index is 328. The summed E-state index contributed by atoms with van der Waals surface area (Å²) in [7, 11) is 1.56. The summed E-state index contributed by atoms with van der Waals surface area (Å²) >= 11 is 3.10. The van der Waals surface area contributed by atoms with Crippen molar-refractivity contribution in [3.8, 4) is 5.75 Å². The fourth-order valence-corrected chi connectivity index (χ4v) is 1.59. The van der Waals surface area contributed by atoms with Crippen LogP contribution in [0.4, 0.5) is 4.39 Å². The molecule has 0 aromatic heterocycles. The molecule has 0 aliphatic heterocycles. The number of rotatable bonds is 3. The number of methoxy groups -OCH3 is 1. The third-order valence-electron chi connectivity index (χ3n) is 1.87. The Labute approximate surface area is 91.4 Å². The molecule has 2 N–H and O–H groups in total. The molecule has 1 unspecified atom stereocenters. The van der Waals surface area contributed by atoms with Crippen LogP contribution in [0.25, 0.3) is 0 Å². The molecule has 0 heterocycles. The molecule has 1 atom stereocenters. The van der Waals surface area contributed by atoms with Gasteiger partial charge in [-0.1, -0.05) is 0 Å². The largest absolute Gasteiger partial charge is 0.496 e. The van der Waals surface area contributed by atoms with Crippen molar-refractivity contribution < 1.29 is 9.13 Å². The van der Waals surface area contributed by atoms with E-state index in [1.165, 1.54) is 6.07 Å². The molecule has 0 saturated heterocycles. The van der Waals surface area contributed by atoms with Gasteiger partial charge < -0.3 is 10.5 Å². The zero-order valence-electron chi connectivity index (χ0n) is 8.18. The summed E-state index contributed by atoms with van der Waals surface area (Å²) in [6.07, 6.45) is 0.605. The summed E-state index contributed by atoms with van der Waals surface area (Å²) in [6.45, 7) is 1.87. The molecular formula is C10H13BrFNO. The lowest BCUT2D eigenvalue weighted by Crippen LogP contribution is -2.18. The van der Waals surface area contributed by atoms with Crippen molar-refractivity contribution in [2.45, 2.75) is 19.4 Å². The van der Waals surface area contributed by atoms with E-state index in [0.717, 1.165) is 5.56 Å². The van der Waals surface area contributed by atoms with Gasteiger partial charge in [0, 0.05) is 6.04 Å². The third-order valence-corrected chi connectivity index (χ3v) is 2.47. The zero-order chi connectivity index (χ0) is 10.7. The molecule has 0 spiro atoms. The van der Waals surface area contributed by atoms with E-state index < -0.39 is 0 Å². The van der Waals surface area contributed by atoms with Crippen LogP contribution in [0.5, 0.6) is 5.75 Å². The Morgan fingerprint density at radius 1 is 1.57 bits per heavy atom. The van der Waals surface area contributed by atoms with Crippen LogP contribution in [0.3, 0.4) is 0 Å². The highest BCUT2D eigenvalue weighted by Crippen LogP contribution is 2.27. The standard InChI is InChI=1S/C10H13BrFNO/c1-6(13)3-7-4-9(12)8(11)5-10(7)14-2/h4-6H,3,13H2,1-2H3. The molecule has 78 valence electrons. The fourth-order valence-electron chi connectivity index (χ4n) is 1.27. The fraction of sp³-hybridized carbons (Fsp3) is 0.400. The molecule has 0 aliphatic rings. The predicted octanol–water partition coefficient (Wildman–Crippen LogP) is 2.49. The summed E-state index contributed by atoms with van der Waals surface area (Å²) in [5, 5.41) is 0. The topological polar surface area (TPSA) is 35.2 Å². The van der Waals surface area contributed by atoms with Crippen molar-refractivity contribution in [1.82, 2.24) is 0 Å². The average Bonchev–Trinajstić information content (AvgIpc) is 2.10. The van der Waals surface area contributed by atoms with Gasteiger partial charge in [-0.05, 0) is 47.0 Å². The Kier molecular flexibility index (Phi) is 3.89. The highest BCUT2D eigenvalue weighted by molar-refractivity contribution is 9.10. The number of halogens is 2. The lowest BCUT2D eigenvalue weighted by Gasteiger charge is -2.11. The van der Waals surface area contributed by atoms with Crippen molar-refractivity contribution in [2.24, 2.45) is 5.73 Å². The van der Waals surface area contributed by atoms with Crippen molar-refractivity contribution in [1.29, 1.82) is 0 Å².